The highest BCUT2D eigenvalue weighted by Crippen LogP contribution is 2.27. The summed E-state index contributed by atoms with van der Waals surface area (Å²) in [5.41, 5.74) is 7.50. The van der Waals surface area contributed by atoms with Gasteiger partial charge in [0.25, 0.3) is 0 Å². The van der Waals surface area contributed by atoms with Gasteiger partial charge in [-0.1, -0.05) is 0 Å². The maximum absolute atomic E-state index is 12.4. The summed E-state index contributed by atoms with van der Waals surface area (Å²) in [6.07, 6.45) is 2.09. The number of carbonyl (C=O) groups excluding carboxylic acids is 1. The molecule has 3 rings (SSSR count). The molecular weight excluding hydrogens is 268 g/mol. The molecule has 1 heterocycles. The first-order valence-electron chi connectivity index (χ1n) is 7.13. The van der Waals surface area contributed by atoms with Gasteiger partial charge in [0.2, 0.25) is 5.91 Å². The lowest BCUT2D eigenvalue weighted by Crippen LogP contribution is -2.54. The molecule has 0 bridgehead atoms. The highest BCUT2D eigenvalue weighted by atomic mass is 16.5. The van der Waals surface area contributed by atoms with Gasteiger partial charge in [0.15, 0.2) is 0 Å². The predicted octanol–water partition coefficient (Wildman–Crippen LogP) is 0.624. The second kappa shape index (κ2) is 5.62. The fourth-order valence-electron chi connectivity index (χ4n) is 2.53. The fraction of sp³-hybridized carbons (Fsp3) is 0.467. The van der Waals surface area contributed by atoms with E-state index in [-0.39, 0.29) is 5.91 Å². The third-order valence-corrected chi connectivity index (χ3v) is 3.81. The van der Waals surface area contributed by atoms with Crippen LogP contribution in [-0.2, 0) is 9.53 Å². The number of hydrogen-bond donors (Lipinski definition) is 2. The number of nitrogens with zero attached hydrogens (tertiary/aromatic N) is 2. The Morgan fingerprint density at radius 1 is 1.48 bits per heavy atom. The summed E-state index contributed by atoms with van der Waals surface area (Å²) in [6.45, 7) is 1.47. The molecule has 6 heteroatoms. The van der Waals surface area contributed by atoms with Gasteiger partial charge in [-0.2, -0.15) is 5.26 Å². The molecule has 1 aliphatic carbocycles. The molecule has 0 radical (unpaired) electrons. The van der Waals surface area contributed by atoms with Crippen LogP contribution in [0.3, 0.4) is 0 Å². The lowest BCUT2D eigenvalue weighted by Gasteiger charge is -2.36. The minimum Gasteiger partial charge on any atom is -0.399 e. The van der Waals surface area contributed by atoms with Crippen LogP contribution in [0.4, 0.5) is 11.4 Å². The zero-order chi connectivity index (χ0) is 14.8. The van der Waals surface area contributed by atoms with E-state index < -0.39 is 6.04 Å². The smallest absolute Gasteiger partial charge is 0.245 e. The van der Waals surface area contributed by atoms with E-state index >= 15 is 0 Å². The van der Waals surface area contributed by atoms with Crippen molar-refractivity contribution < 1.29 is 9.53 Å². The van der Waals surface area contributed by atoms with Crippen LogP contribution in [0.5, 0.6) is 0 Å². The average molecular weight is 286 g/mol. The SMILES string of the molecule is N#Cc1cc(N)ccc1N1CCOCC1C(=O)NC1CC1. The maximum atomic E-state index is 12.4. The highest BCUT2D eigenvalue weighted by Gasteiger charge is 2.34. The van der Waals surface area contributed by atoms with Gasteiger partial charge in [0.1, 0.15) is 12.1 Å². The Kier molecular flexibility index (Phi) is 3.67. The number of ether oxygens (including phenoxy) is 1. The molecule has 0 aromatic heterocycles. The predicted molar refractivity (Wildman–Crippen MR) is 78.7 cm³/mol. The molecule has 1 amide bonds. The quantitative estimate of drug-likeness (QED) is 0.795. The number of nitrogen functional groups attached to an aromatic ring is 1. The monoisotopic (exact) mass is 286 g/mol. The minimum atomic E-state index is -0.393. The van der Waals surface area contributed by atoms with Crippen LogP contribution in [0, 0.1) is 11.3 Å². The molecular formula is C15H18N4O2. The zero-order valence-corrected chi connectivity index (χ0v) is 11.7. The zero-order valence-electron chi connectivity index (χ0n) is 11.7. The van der Waals surface area contributed by atoms with E-state index in [0.717, 1.165) is 18.5 Å². The summed E-state index contributed by atoms with van der Waals surface area (Å²) in [7, 11) is 0. The van der Waals surface area contributed by atoms with Gasteiger partial charge in [-0.25, -0.2) is 0 Å². The third kappa shape index (κ3) is 2.93. The summed E-state index contributed by atoms with van der Waals surface area (Å²) in [4.78, 5) is 14.3. The van der Waals surface area contributed by atoms with E-state index in [1.54, 1.807) is 18.2 Å². The van der Waals surface area contributed by atoms with Crippen molar-refractivity contribution in [1.82, 2.24) is 5.32 Å². The Hall–Kier alpha value is -2.26. The lowest BCUT2D eigenvalue weighted by atomic mass is 10.1. The second-order valence-corrected chi connectivity index (χ2v) is 5.46. The molecule has 1 aromatic rings. The molecule has 0 spiro atoms. The van der Waals surface area contributed by atoms with Crippen molar-refractivity contribution in [2.24, 2.45) is 0 Å². The molecule has 21 heavy (non-hydrogen) atoms. The van der Waals surface area contributed by atoms with Crippen molar-refractivity contribution in [3.63, 3.8) is 0 Å². The van der Waals surface area contributed by atoms with Gasteiger partial charge in [-0.05, 0) is 31.0 Å². The standard InChI is InChI=1S/C15H18N4O2/c16-8-10-7-11(17)1-4-13(10)19-5-6-21-9-14(19)15(20)18-12-2-3-12/h1,4,7,12,14H,2-3,5-6,9,17H2,(H,18,20). The van der Waals surface area contributed by atoms with Crippen LogP contribution in [-0.4, -0.2) is 37.7 Å². The first kappa shape index (κ1) is 13.7. The van der Waals surface area contributed by atoms with Gasteiger partial charge in [-0.3, -0.25) is 4.79 Å². The van der Waals surface area contributed by atoms with Gasteiger partial charge < -0.3 is 20.7 Å². The van der Waals surface area contributed by atoms with Crippen molar-refractivity contribution >= 4 is 17.3 Å². The second-order valence-electron chi connectivity index (χ2n) is 5.46. The Balaban J connectivity index is 1.86. The molecule has 1 aliphatic heterocycles. The van der Waals surface area contributed by atoms with E-state index in [1.807, 2.05) is 4.90 Å². The number of benzene rings is 1. The van der Waals surface area contributed by atoms with E-state index in [2.05, 4.69) is 11.4 Å². The Morgan fingerprint density at radius 2 is 2.29 bits per heavy atom. The van der Waals surface area contributed by atoms with Crippen molar-refractivity contribution in [2.75, 3.05) is 30.4 Å². The van der Waals surface area contributed by atoms with E-state index in [4.69, 9.17) is 10.5 Å². The van der Waals surface area contributed by atoms with E-state index in [9.17, 15) is 10.1 Å². The van der Waals surface area contributed by atoms with Gasteiger partial charge >= 0.3 is 0 Å². The lowest BCUT2D eigenvalue weighted by molar-refractivity contribution is -0.124. The van der Waals surface area contributed by atoms with Crippen LogP contribution in [0.15, 0.2) is 18.2 Å². The van der Waals surface area contributed by atoms with Crippen molar-refractivity contribution in [1.29, 1.82) is 5.26 Å². The van der Waals surface area contributed by atoms with Gasteiger partial charge in [0, 0.05) is 18.3 Å². The number of nitriles is 1. The van der Waals surface area contributed by atoms with Crippen molar-refractivity contribution in [3.8, 4) is 6.07 Å². The Bertz CT molecular complexity index is 592. The molecule has 110 valence electrons. The molecule has 1 unspecified atom stereocenters. The van der Waals surface area contributed by atoms with Crippen LogP contribution in [0.1, 0.15) is 18.4 Å². The molecule has 1 saturated carbocycles. The fourth-order valence-corrected chi connectivity index (χ4v) is 2.53. The summed E-state index contributed by atoms with van der Waals surface area (Å²) >= 11 is 0. The molecule has 1 saturated heterocycles. The third-order valence-electron chi connectivity index (χ3n) is 3.81. The van der Waals surface area contributed by atoms with Crippen molar-refractivity contribution in [3.05, 3.63) is 23.8 Å². The number of morpholine rings is 1. The summed E-state index contributed by atoms with van der Waals surface area (Å²) in [5, 5.41) is 12.3. The molecule has 1 aromatic carbocycles. The van der Waals surface area contributed by atoms with Crippen LogP contribution >= 0.6 is 0 Å². The summed E-state index contributed by atoms with van der Waals surface area (Å²) in [6, 6.07) is 7.26. The number of nitrogens with two attached hydrogens (primary N) is 1. The Morgan fingerprint density at radius 3 is 3.00 bits per heavy atom. The topological polar surface area (TPSA) is 91.4 Å². The van der Waals surface area contributed by atoms with E-state index in [1.165, 1.54) is 0 Å². The summed E-state index contributed by atoms with van der Waals surface area (Å²) < 4.78 is 5.44. The van der Waals surface area contributed by atoms with Gasteiger partial charge in [-0.15, -0.1) is 0 Å². The number of hydrogen-bond acceptors (Lipinski definition) is 5. The van der Waals surface area contributed by atoms with Crippen LogP contribution in [0.2, 0.25) is 0 Å². The molecule has 3 N–H and O–H groups in total. The number of amides is 1. The highest BCUT2D eigenvalue weighted by molar-refractivity contribution is 5.87. The molecule has 2 fully saturated rings. The maximum Gasteiger partial charge on any atom is 0.245 e. The molecule has 1 atom stereocenters. The number of nitrogens with one attached hydrogen (secondary N) is 1. The number of rotatable bonds is 3. The molecule has 6 nitrogen and oxygen atoms in total. The van der Waals surface area contributed by atoms with E-state index in [0.29, 0.717) is 37.1 Å². The first-order valence-corrected chi connectivity index (χ1v) is 7.13. The van der Waals surface area contributed by atoms with Crippen LogP contribution < -0.4 is 16.0 Å². The largest absolute Gasteiger partial charge is 0.399 e. The van der Waals surface area contributed by atoms with Crippen LogP contribution in [0.25, 0.3) is 0 Å². The average Bonchev–Trinajstić information content (AvgIpc) is 3.31. The van der Waals surface area contributed by atoms with Gasteiger partial charge in [0.05, 0.1) is 24.5 Å². The molecule has 2 aliphatic rings. The number of anilines is 2. The number of carbonyl (C=O) groups is 1. The first-order chi connectivity index (χ1) is 10.2. The van der Waals surface area contributed by atoms with Crippen molar-refractivity contribution in [2.45, 2.75) is 24.9 Å². The summed E-state index contributed by atoms with van der Waals surface area (Å²) in [5.74, 6) is -0.0297. The Labute approximate surface area is 123 Å². The minimum absolute atomic E-state index is 0.0297. The normalized spacial score (nSPS) is 21.7.